The van der Waals surface area contributed by atoms with Crippen molar-refractivity contribution in [2.45, 2.75) is 38.8 Å². The van der Waals surface area contributed by atoms with Crippen molar-refractivity contribution in [2.75, 3.05) is 12.3 Å². The summed E-state index contributed by atoms with van der Waals surface area (Å²) < 4.78 is 10.8. The molecule has 5 nitrogen and oxygen atoms in total. The third kappa shape index (κ3) is 3.77. The lowest BCUT2D eigenvalue weighted by Gasteiger charge is -2.27. The first-order valence-electron chi connectivity index (χ1n) is 6.34. The van der Waals surface area contributed by atoms with Crippen molar-refractivity contribution in [1.82, 2.24) is 5.32 Å². The number of ether oxygens (including phenoxy) is 2. The Morgan fingerprint density at radius 3 is 2.89 bits per heavy atom. The van der Waals surface area contributed by atoms with Gasteiger partial charge in [0, 0.05) is 11.8 Å². The van der Waals surface area contributed by atoms with E-state index < -0.39 is 11.7 Å². The molecule has 2 rings (SSSR count). The van der Waals surface area contributed by atoms with Gasteiger partial charge < -0.3 is 20.5 Å². The van der Waals surface area contributed by atoms with Gasteiger partial charge >= 0.3 is 6.09 Å². The van der Waals surface area contributed by atoms with Crippen LogP contribution in [0.4, 0.5) is 10.5 Å². The van der Waals surface area contributed by atoms with Gasteiger partial charge in [0.2, 0.25) is 0 Å². The summed E-state index contributed by atoms with van der Waals surface area (Å²) in [5.74, 6) is 0.794. The number of carbonyl (C=O) groups excluding carboxylic acids is 1. The standard InChI is InChI=1S/C14H20N2O3/c1-14(2,3)19-13(17)16-11-6-9-4-5-10(15)7-12(9)18-8-11/h4-5,7,11H,6,8,15H2,1-3H3,(H,16,17). The number of benzene rings is 1. The SMILES string of the molecule is CC(C)(C)OC(=O)NC1COc2cc(N)ccc2C1. The molecule has 1 atom stereocenters. The van der Waals surface area contributed by atoms with Crippen LogP contribution in [-0.4, -0.2) is 24.3 Å². The fourth-order valence-electron chi connectivity index (χ4n) is 1.96. The smallest absolute Gasteiger partial charge is 0.408 e. The van der Waals surface area contributed by atoms with E-state index in [1.807, 2.05) is 32.9 Å². The second-order valence-corrected chi connectivity index (χ2v) is 5.73. The third-order valence-electron chi connectivity index (χ3n) is 2.72. The summed E-state index contributed by atoms with van der Waals surface area (Å²) in [7, 11) is 0. The van der Waals surface area contributed by atoms with E-state index in [9.17, 15) is 4.79 Å². The van der Waals surface area contributed by atoms with Crippen molar-refractivity contribution in [3.05, 3.63) is 23.8 Å². The maximum absolute atomic E-state index is 11.7. The van der Waals surface area contributed by atoms with Gasteiger partial charge in [0.15, 0.2) is 0 Å². The molecule has 3 N–H and O–H groups in total. The van der Waals surface area contributed by atoms with Crippen LogP contribution in [0.3, 0.4) is 0 Å². The van der Waals surface area contributed by atoms with Crippen LogP contribution in [0, 0.1) is 0 Å². The predicted octanol–water partition coefficient (Wildman–Crippen LogP) is 2.10. The average molecular weight is 264 g/mol. The minimum Gasteiger partial charge on any atom is -0.491 e. The molecule has 0 spiro atoms. The van der Waals surface area contributed by atoms with Crippen LogP contribution < -0.4 is 15.8 Å². The highest BCUT2D eigenvalue weighted by Crippen LogP contribution is 2.26. The number of hydrogen-bond acceptors (Lipinski definition) is 4. The fraction of sp³-hybridized carbons (Fsp3) is 0.500. The molecule has 0 aliphatic carbocycles. The summed E-state index contributed by atoms with van der Waals surface area (Å²) in [6.45, 7) is 5.93. The number of nitrogens with two attached hydrogens (primary N) is 1. The molecule has 0 saturated heterocycles. The highest BCUT2D eigenvalue weighted by Gasteiger charge is 2.24. The van der Waals surface area contributed by atoms with Crippen molar-refractivity contribution < 1.29 is 14.3 Å². The first-order chi connectivity index (χ1) is 8.83. The highest BCUT2D eigenvalue weighted by atomic mass is 16.6. The molecule has 0 fully saturated rings. The van der Waals surface area contributed by atoms with Crippen LogP contribution >= 0.6 is 0 Å². The summed E-state index contributed by atoms with van der Waals surface area (Å²) in [5.41, 5.74) is 6.92. The molecule has 1 aliphatic rings. The largest absolute Gasteiger partial charge is 0.491 e. The zero-order valence-corrected chi connectivity index (χ0v) is 11.5. The second kappa shape index (κ2) is 4.99. The van der Waals surface area contributed by atoms with Gasteiger partial charge in [-0.15, -0.1) is 0 Å². The number of rotatable bonds is 1. The number of amides is 1. The molecular formula is C14H20N2O3. The molecule has 1 unspecified atom stereocenters. The van der Waals surface area contributed by atoms with Gasteiger partial charge in [-0.2, -0.15) is 0 Å². The third-order valence-corrected chi connectivity index (χ3v) is 2.72. The van der Waals surface area contributed by atoms with Crippen molar-refractivity contribution in [2.24, 2.45) is 0 Å². The van der Waals surface area contributed by atoms with Crippen molar-refractivity contribution in [3.63, 3.8) is 0 Å². The van der Waals surface area contributed by atoms with Crippen LogP contribution in [0.1, 0.15) is 26.3 Å². The quantitative estimate of drug-likeness (QED) is 0.762. The molecule has 1 aliphatic heterocycles. The van der Waals surface area contributed by atoms with Crippen LogP contribution in [0.5, 0.6) is 5.75 Å². The molecule has 1 aromatic rings. The minimum atomic E-state index is -0.494. The highest BCUT2D eigenvalue weighted by molar-refractivity contribution is 5.68. The number of anilines is 1. The predicted molar refractivity (Wildman–Crippen MR) is 73.2 cm³/mol. The first kappa shape index (κ1) is 13.5. The monoisotopic (exact) mass is 264 g/mol. The molecule has 0 saturated carbocycles. The summed E-state index contributed by atoms with van der Waals surface area (Å²) in [6, 6.07) is 5.48. The van der Waals surface area contributed by atoms with E-state index in [1.54, 1.807) is 6.07 Å². The Kier molecular flexibility index (Phi) is 3.55. The number of alkyl carbamates (subject to hydrolysis) is 1. The fourth-order valence-corrected chi connectivity index (χ4v) is 1.96. The zero-order valence-electron chi connectivity index (χ0n) is 11.5. The Labute approximate surface area is 113 Å². The van der Waals surface area contributed by atoms with Crippen LogP contribution in [0.25, 0.3) is 0 Å². The number of nitrogen functional groups attached to an aromatic ring is 1. The van der Waals surface area contributed by atoms with E-state index in [1.165, 1.54) is 0 Å². The number of nitrogens with one attached hydrogen (secondary N) is 1. The lowest BCUT2D eigenvalue weighted by atomic mass is 10.0. The van der Waals surface area contributed by atoms with Crippen molar-refractivity contribution in [3.8, 4) is 5.75 Å². The summed E-state index contributed by atoms with van der Waals surface area (Å²) in [5, 5.41) is 2.81. The van der Waals surface area contributed by atoms with E-state index in [0.717, 1.165) is 17.7 Å². The topological polar surface area (TPSA) is 73.6 Å². The molecule has 19 heavy (non-hydrogen) atoms. The summed E-state index contributed by atoms with van der Waals surface area (Å²) in [4.78, 5) is 11.7. The molecule has 5 heteroatoms. The molecule has 1 amide bonds. The molecule has 104 valence electrons. The lowest BCUT2D eigenvalue weighted by molar-refractivity contribution is 0.0482. The molecule has 0 bridgehead atoms. The van der Waals surface area contributed by atoms with Crippen LogP contribution in [0.15, 0.2) is 18.2 Å². The minimum absolute atomic E-state index is 0.0778. The van der Waals surface area contributed by atoms with E-state index in [0.29, 0.717) is 12.3 Å². The Bertz CT molecular complexity index is 480. The van der Waals surface area contributed by atoms with Gasteiger partial charge in [-0.3, -0.25) is 0 Å². The molecular weight excluding hydrogens is 244 g/mol. The summed E-state index contributed by atoms with van der Waals surface area (Å²) >= 11 is 0. The van der Waals surface area contributed by atoms with Gasteiger partial charge in [-0.25, -0.2) is 4.79 Å². The van der Waals surface area contributed by atoms with Gasteiger partial charge in [0.1, 0.15) is 18.0 Å². The van der Waals surface area contributed by atoms with Gasteiger partial charge in [0.05, 0.1) is 6.04 Å². The maximum atomic E-state index is 11.7. The molecule has 1 aromatic carbocycles. The normalized spacial score (nSPS) is 18.2. The Hall–Kier alpha value is -1.91. The van der Waals surface area contributed by atoms with Gasteiger partial charge in [-0.1, -0.05) is 6.07 Å². The van der Waals surface area contributed by atoms with E-state index in [4.69, 9.17) is 15.2 Å². The molecule has 0 aromatic heterocycles. The Morgan fingerprint density at radius 2 is 2.21 bits per heavy atom. The van der Waals surface area contributed by atoms with Crippen molar-refractivity contribution in [1.29, 1.82) is 0 Å². The van der Waals surface area contributed by atoms with Crippen LogP contribution in [-0.2, 0) is 11.2 Å². The average Bonchev–Trinajstić information content (AvgIpc) is 2.26. The van der Waals surface area contributed by atoms with E-state index in [-0.39, 0.29) is 6.04 Å². The van der Waals surface area contributed by atoms with Crippen molar-refractivity contribution >= 4 is 11.8 Å². The van der Waals surface area contributed by atoms with Gasteiger partial charge in [0.25, 0.3) is 0 Å². The molecule has 0 radical (unpaired) electrons. The van der Waals surface area contributed by atoms with E-state index >= 15 is 0 Å². The molecule has 1 heterocycles. The maximum Gasteiger partial charge on any atom is 0.408 e. The summed E-state index contributed by atoms with van der Waals surface area (Å²) in [6.07, 6.45) is 0.300. The first-order valence-corrected chi connectivity index (χ1v) is 6.34. The Balaban J connectivity index is 1.95. The number of carbonyl (C=O) groups is 1. The van der Waals surface area contributed by atoms with E-state index in [2.05, 4.69) is 5.32 Å². The lowest BCUT2D eigenvalue weighted by Crippen LogP contribution is -2.44. The Morgan fingerprint density at radius 1 is 1.47 bits per heavy atom. The number of hydrogen-bond donors (Lipinski definition) is 2. The van der Waals surface area contributed by atoms with Crippen LogP contribution in [0.2, 0.25) is 0 Å². The van der Waals surface area contributed by atoms with Gasteiger partial charge in [-0.05, 0) is 38.8 Å². The number of fused-ring (bicyclic) bond motifs is 1. The second-order valence-electron chi connectivity index (χ2n) is 5.73. The zero-order chi connectivity index (χ0) is 14.0.